The molecule has 96 valence electrons. The average Bonchev–Trinajstić information content (AvgIpc) is 2.37. The van der Waals surface area contributed by atoms with Gasteiger partial charge >= 0.3 is 0 Å². The first-order valence-corrected chi connectivity index (χ1v) is 7.03. The minimum absolute atomic E-state index is 0.0194. The van der Waals surface area contributed by atoms with Crippen LogP contribution in [0.4, 0.5) is 11.4 Å². The molecular weight excluding hydrogens is 244 g/mol. The molecule has 0 radical (unpaired) electrons. The number of nitrogens with zero attached hydrogens (tertiary/aromatic N) is 1. The van der Waals surface area contributed by atoms with Crippen molar-refractivity contribution >= 4 is 29.0 Å². The molecule has 1 aliphatic heterocycles. The zero-order valence-electron chi connectivity index (χ0n) is 10.6. The number of hydrogen-bond donors (Lipinski definition) is 1. The predicted octanol–water partition coefficient (Wildman–Crippen LogP) is 3.06. The second kappa shape index (κ2) is 5.48. The Hall–Kier alpha value is -1.42. The molecule has 1 atom stereocenters. The summed E-state index contributed by atoms with van der Waals surface area (Å²) < 4.78 is 0. The molecule has 0 aromatic heterocycles. The van der Waals surface area contributed by atoms with E-state index in [1.54, 1.807) is 11.8 Å². The maximum Gasteiger partial charge on any atom is 0.240 e. The molecule has 3 nitrogen and oxygen atoms in total. The smallest absolute Gasteiger partial charge is 0.240 e. The second-order valence-electron chi connectivity index (χ2n) is 4.31. The molecule has 0 bridgehead atoms. The first-order chi connectivity index (χ1) is 8.67. The van der Waals surface area contributed by atoms with Gasteiger partial charge in [0.25, 0.3) is 0 Å². The lowest BCUT2D eigenvalue weighted by molar-refractivity contribution is -0.118. The topological polar surface area (TPSA) is 46.3 Å². The molecule has 0 saturated carbocycles. The van der Waals surface area contributed by atoms with E-state index in [1.807, 2.05) is 36.1 Å². The van der Waals surface area contributed by atoms with E-state index in [4.69, 9.17) is 5.73 Å². The van der Waals surface area contributed by atoms with E-state index in [-0.39, 0.29) is 11.2 Å². The van der Waals surface area contributed by atoms with Crippen LogP contribution < -0.4 is 10.6 Å². The number of rotatable bonds is 4. The van der Waals surface area contributed by atoms with Crippen LogP contribution in [0.15, 0.2) is 35.7 Å². The highest BCUT2D eigenvalue weighted by Crippen LogP contribution is 2.41. The van der Waals surface area contributed by atoms with Gasteiger partial charge in [-0.15, -0.1) is 18.3 Å². The SMILES string of the molecule is C=CCCN1C(=O)C(CC)Sc2ccc(N)cc21. The van der Waals surface area contributed by atoms with E-state index in [2.05, 4.69) is 6.58 Å². The third kappa shape index (κ3) is 2.38. The summed E-state index contributed by atoms with van der Waals surface area (Å²) in [5.74, 6) is 0.183. The third-order valence-electron chi connectivity index (χ3n) is 3.01. The van der Waals surface area contributed by atoms with Crippen molar-refractivity contribution in [2.75, 3.05) is 17.2 Å². The standard InChI is InChI=1S/C14H18N2OS/c1-3-5-8-16-11-9-10(15)6-7-13(11)18-12(4-2)14(16)17/h3,6-7,9,12H,1,4-5,8,15H2,2H3. The highest BCUT2D eigenvalue weighted by atomic mass is 32.2. The number of hydrogen-bond acceptors (Lipinski definition) is 3. The van der Waals surface area contributed by atoms with Gasteiger partial charge in [-0.1, -0.05) is 13.0 Å². The lowest BCUT2D eigenvalue weighted by Crippen LogP contribution is -2.41. The van der Waals surface area contributed by atoms with E-state index in [0.717, 1.165) is 23.4 Å². The number of carbonyl (C=O) groups excluding carboxylic acids is 1. The van der Waals surface area contributed by atoms with Gasteiger partial charge in [0.05, 0.1) is 10.9 Å². The molecule has 1 aromatic rings. The van der Waals surface area contributed by atoms with E-state index < -0.39 is 0 Å². The summed E-state index contributed by atoms with van der Waals surface area (Å²) in [6.07, 6.45) is 3.47. The zero-order valence-corrected chi connectivity index (χ0v) is 11.4. The van der Waals surface area contributed by atoms with Crippen LogP contribution in [0.25, 0.3) is 0 Å². The number of nitrogens with two attached hydrogens (primary N) is 1. The van der Waals surface area contributed by atoms with Crippen LogP contribution in [0.5, 0.6) is 0 Å². The summed E-state index contributed by atoms with van der Waals surface area (Å²) in [4.78, 5) is 15.4. The van der Waals surface area contributed by atoms with Crippen LogP contribution >= 0.6 is 11.8 Å². The normalized spacial score (nSPS) is 18.6. The number of carbonyl (C=O) groups is 1. The van der Waals surface area contributed by atoms with Gasteiger partial charge < -0.3 is 10.6 Å². The highest BCUT2D eigenvalue weighted by Gasteiger charge is 2.31. The van der Waals surface area contributed by atoms with Crippen molar-refractivity contribution in [2.24, 2.45) is 0 Å². The summed E-state index contributed by atoms with van der Waals surface area (Å²) in [5, 5.41) is 0.0194. The van der Waals surface area contributed by atoms with Crippen LogP contribution in [-0.2, 0) is 4.79 Å². The van der Waals surface area contributed by atoms with E-state index in [1.165, 1.54) is 0 Å². The van der Waals surface area contributed by atoms with Gasteiger partial charge in [0.2, 0.25) is 5.91 Å². The fourth-order valence-electron chi connectivity index (χ4n) is 2.05. The minimum atomic E-state index is 0.0194. The van der Waals surface area contributed by atoms with Crippen LogP contribution in [0.1, 0.15) is 19.8 Å². The number of anilines is 2. The summed E-state index contributed by atoms with van der Waals surface area (Å²) >= 11 is 1.64. The number of fused-ring (bicyclic) bond motifs is 1. The summed E-state index contributed by atoms with van der Waals surface area (Å²) in [7, 11) is 0. The molecule has 0 aliphatic carbocycles. The molecule has 0 saturated heterocycles. The highest BCUT2D eigenvalue weighted by molar-refractivity contribution is 8.01. The molecule has 1 unspecified atom stereocenters. The molecular formula is C14H18N2OS. The number of benzene rings is 1. The Morgan fingerprint density at radius 2 is 2.33 bits per heavy atom. The Labute approximate surface area is 112 Å². The molecule has 1 aromatic carbocycles. The maximum atomic E-state index is 12.4. The molecule has 1 heterocycles. The van der Waals surface area contributed by atoms with Crippen molar-refractivity contribution in [2.45, 2.75) is 29.9 Å². The Morgan fingerprint density at radius 3 is 3.00 bits per heavy atom. The third-order valence-corrected chi connectivity index (χ3v) is 4.43. The predicted molar refractivity (Wildman–Crippen MR) is 78.0 cm³/mol. The fourth-order valence-corrected chi connectivity index (χ4v) is 3.19. The van der Waals surface area contributed by atoms with Gasteiger partial charge in [-0.25, -0.2) is 0 Å². The summed E-state index contributed by atoms with van der Waals surface area (Å²) in [5.41, 5.74) is 7.45. The largest absolute Gasteiger partial charge is 0.399 e. The molecule has 4 heteroatoms. The second-order valence-corrected chi connectivity index (χ2v) is 5.55. The van der Waals surface area contributed by atoms with Gasteiger partial charge in [-0.05, 0) is 31.0 Å². The van der Waals surface area contributed by atoms with Crippen molar-refractivity contribution in [3.05, 3.63) is 30.9 Å². The summed E-state index contributed by atoms with van der Waals surface area (Å²) in [6, 6.07) is 5.78. The Balaban J connectivity index is 2.38. The van der Waals surface area contributed by atoms with E-state index in [9.17, 15) is 4.79 Å². The van der Waals surface area contributed by atoms with Crippen LogP contribution in [-0.4, -0.2) is 17.7 Å². The van der Waals surface area contributed by atoms with Crippen molar-refractivity contribution in [3.8, 4) is 0 Å². The lowest BCUT2D eigenvalue weighted by atomic mass is 10.2. The molecule has 18 heavy (non-hydrogen) atoms. The van der Waals surface area contributed by atoms with Crippen molar-refractivity contribution in [1.29, 1.82) is 0 Å². The van der Waals surface area contributed by atoms with E-state index >= 15 is 0 Å². The van der Waals surface area contributed by atoms with Crippen molar-refractivity contribution in [1.82, 2.24) is 0 Å². The number of nitrogen functional groups attached to an aromatic ring is 1. The Kier molecular flexibility index (Phi) is 3.97. The molecule has 1 amide bonds. The molecule has 2 N–H and O–H groups in total. The molecule has 0 spiro atoms. The number of thioether (sulfide) groups is 1. The number of amides is 1. The minimum Gasteiger partial charge on any atom is -0.399 e. The Morgan fingerprint density at radius 1 is 1.56 bits per heavy atom. The zero-order chi connectivity index (χ0) is 13.1. The van der Waals surface area contributed by atoms with E-state index in [0.29, 0.717) is 12.2 Å². The Bertz CT molecular complexity index is 473. The summed E-state index contributed by atoms with van der Waals surface area (Å²) in [6.45, 7) is 6.44. The van der Waals surface area contributed by atoms with Crippen LogP contribution in [0, 0.1) is 0 Å². The van der Waals surface area contributed by atoms with Crippen LogP contribution in [0.3, 0.4) is 0 Å². The van der Waals surface area contributed by atoms with Crippen molar-refractivity contribution < 1.29 is 4.79 Å². The first kappa shape index (κ1) is 13.0. The maximum absolute atomic E-state index is 12.4. The lowest BCUT2D eigenvalue weighted by Gasteiger charge is -2.33. The first-order valence-electron chi connectivity index (χ1n) is 6.15. The molecule has 0 fully saturated rings. The quantitative estimate of drug-likeness (QED) is 0.670. The monoisotopic (exact) mass is 262 g/mol. The van der Waals surface area contributed by atoms with Gasteiger partial charge in [0.1, 0.15) is 0 Å². The molecule has 1 aliphatic rings. The van der Waals surface area contributed by atoms with Gasteiger partial charge in [0.15, 0.2) is 0 Å². The molecule has 2 rings (SSSR count). The van der Waals surface area contributed by atoms with Crippen LogP contribution in [0.2, 0.25) is 0 Å². The van der Waals surface area contributed by atoms with Gasteiger partial charge in [0, 0.05) is 17.1 Å². The van der Waals surface area contributed by atoms with Crippen molar-refractivity contribution in [3.63, 3.8) is 0 Å². The van der Waals surface area contributed by atoms with Gasteiger partial charge in [-0.2, -0.15) is 0 Å². The fraction of sp³-hybridized carbons (Fsp3) is 0.357. The van der Waals surface area contributed by atoms with Gasteiger partial charge in [-0.3, -0.25) is 4.79 Å². The average molecular weight is 262 g/mol.